The van der Waals surface area contributed by atoms with Crippen LogP contribution in [0.15, 0.2) is 12.4 Å². The molecular formula is C14H28N2. The van der Waals surface area contributed by atoms with E-state index in [4.69, 9.17) is 0 Å². The molecule has 0 amide bonds. The summed E-state index contributed by atoms with van der Waals surface area (Å²) in [5.74, 6) is 0. The molecule has 1 aliphatic rings. The van der Waals surface area contributed by atoms with Gasteiger partial charge in [0.2, 0.25) is 0 Å². The van der Waals surface area contributed by atoms with Gasteiger partial charge in [-0.3, -0.25) is 0 Å². The van der Waals surface area contributed by atoms with Crippen LogP contribution in [0.25, 0.3) is 0 Å². The molecule has 0 saturated heterocycles. The zero-order valence-corrected chi connectivity index (χ0v) is 11.3. The summed E-state index contributed by atoms with van der Waals surface area (Å²) in [6.45, 7) is 5.64. The maximum atomic E-state index is 2.44. The van der Waals surface area contributed by atoms with Gasteiger partial charge in [0.1, 0.15) is 6.17 Å². The number of nitrogens with zero attached hydrogens (tertiary/aromatic N) is 2. The molecular weight excluding hydrogens is 196 g/mol. The Labute approximate surface area is 101 Å². The molecule has 0 spiro atoms. The molecule has 0 aliphatic carbocycles. The topological polar surface area (TPSA) is 6.48 Å². The standard InChI is InChI=1S/C14H28N2/c1-4-6-7-8-9-10-11-14-15(3)12-13-16(14)5-2/h12-14H,4-11H2,1-3H3. The van der Waals surface area contributed by atoms with Gasteiger partial charge in [-0.1, -0.05) is 39.0 Å². The maximum absolute atomic E-state index is 2.44. The SMILES string of the molecule is CCCCCCCCC1N(C)C=CN1CC. The van der Waals surface area contributed by atoms with Gasteiger partial charge in [0.05, 0.1) is 0 Å². The predicted molar refractivity (Wildman–Crippen MR) is 71.1 cm³/mol. The molecule has 0 aromatic rings. The Morgan fingerprint density at radius 2 is 1.62 bits per heavy atom. The van der Waals surface area contributed by atoms with Crippen molar-refractivity contribution < 1.29 is 0 Å². The summed E-state index contributed by atoms with van der Waals surface area (Å²) in [5, 5.41) is 0. The van der Waals surface area contributed by atoms with Crippen LogP contribution < -0.4 is 0 Å². The summed E-state index contributed by atoms with van der Waals surface area (Å²) in [5.41, 5.74) is 0. The fraction of sp³-hybridized carbons (Fsp3) is 0.857. The lowest BCUT2D eigenvalue weighted by atomic mass is 10.1. The van der Waals surface area contributed by atoms with Gasteiger partial charge in [0, 0.05) is 26.0 Å². The second-order valence-electron chi connectivity index (χ2n) is 4.83. The van der Waals surface area contributed by atoms with Crippen molar-refractivity contribution in [3.05, 3.63) is 12.4 Å². The summed E-state index contributed by atoms with van der Waals surface area (Å²) >= 11 is 0. The van der Waals surface area contributed by atoms with Crippen LogP contribution in [0, 0.1) is 0 Å². The van der Waals surface area contributed by atoms with Gasteiger partial charge >= 0.3 is 0 Å². The molecule has 0 N–H and O–H groups in total. The van der Waals surface area contributed by atoms with Gasteiger partial charge in [-0.05, 0) is 19.8 Å². The molecule has 0 saturated carbocycles. The van der Waals surface area contributed by atoms with Crippen LogP contribution in [-0.4, -0.2) is 29.6 Å². The molecule has 16 heavy (non-hydrogen) atoms. The normalized spacial score (nSPS) is 19.8. The molecule has 2 nitrogen and oxygen atoms in total. The molecule has 0 radical (unpaired) electrons. The minimum absolute atomic E-state index is 0.621. The Hall–Kier alpha value is -0.660. The molecule has 1 aliphatic heterocycles. The minimum Gasteiger partial charge on any atom is -0.359 e. The quantitative estimate of drug-likeness (QED) is 0.579. The summed E-state index contributed by atoms with van der Waals surface area (Å²) in [6.07, 6.45) is 14.7. The largest absolute Gasteiger partial charge is 0.359 e. The first kappa shape index (κ1) is 13.4. The van der Waals surface area contributed by atoms with Crippen molar-refractivity contribution in [3.8, 4) is 0 Å². The minimum atomic E-state index is 0.621. The van der Waals surface area contributed by atoms with E-state index in [-0.39, 0.29) is 0 Å². The number of unbranched alkanes of at least 4 members (excludes halogenated alkanes) is 5. The molecule has 0 aromatic heterocycles. The molecule has 0 bridgehead atoms. The Bertz CT molecular complexity index is 201. The Balaban J connectivity index is 2.08. The van der Waals surface area contributed by atoms with E-state index in [1.807, 2.05) is 0 Å². The van der Waals surface area contributed by atoms with Crippen LogP contribution in [0.3, 0.4) is 0 Å². The van der Waals surface area contributed by atoms with Gasteiger partial charge in [0.15, 0.2) is 0 Å². The Morgan fingerprint density at radius 3 is 2.31 bits per heavy atom. The zero-order chi connectivity index (χ0) is 11.8. The van der Waals surface area contributed by atoms with Crippen LogP contribution in [-0.2, 0) is 0 Å². The highest BCUT2D eigenvalue weighted by Gasteiger charge is 2.20. The Morgan fingerprint density at radius 1 is 0.938 bits per heavy atom. The second kappa shape index (κ2) is 7.59. The third kappa shape index (κ3) is 4.07. The molecule has 2 heteroatoms. The molecule has 1 rings (SSSR count). The van der Waals surface area contributed by atoms with Gasteiger partial charge in [-0.2, -0.15) is 0 Å². The van der Waals surface area contributed by atoms with Crippen molar-refractivity contribution in [1.82, 2.24) is 9.80 Å². The van der Waals surface area contributed by atoms with Crippen LogP contribution in [0.2, 0.25) is 0 Å². The van der Waals surface area contributed by atoms with E-state index in [0.29, 0.717) is 6.17 Å². The lowest BCUT2D eigenvalue weighted by Gasteiger charge is -2.29. The third-order valence-corrected chi connectivity index (χ3v) is 3.53. The van der Waals surface area contributed by atoms with Gasteiger partial charge in [-0.15, -0.1) is 0 Å². The highest BCUT2D eigenvalue weighted by molar-refractivity contribution is 4.94. The first-order chi connectivity index (χ1) is 7.79. The van der Waals surface area contributed by atoms with Gasteiger partial charge < -0.3 is 9.80 Å². The molecule has 0 aromatic carbocycles. The summed E-state index contributed by atoms with van der Waals surface area (Å²) in [6, 6.07) is 0. The lowest BCUT2D eigenvalue weighted by Crippen LogP contribution is -2.36. The fourth-order valence-electron chi connectivity index (χ4n) is 2.42. The monoisotopic (exact) mass is 224 g/mol. The number of hydrogen-bond donors (Lipinski definition) is 0. The highest BCUT2D eigenvalue weighted by atomic mass is 15.4. The van der Waals surface area contributed by atoms with E-state index in [2.05, 4.69) is 43.1 Å². The average Bonchev–Trinajstić information content (AvgIpc) is 2.65. The maximum Gasteiger partial charge on any atom is 0.100 e. The third-order valence-electron chi connectivity index (χ3n) is 3.53. The van der Waals surface area contributed by atoms with E-state index in [0.717, 1.165) is 6.54 Å². The molecule has 0 fully saturated rings. The first-order valence-electron chi connectivity index (χ1n) is 6.95. The molecule has 1 unspecified atom stereocenters. The number of hydrogen-bond acceptors (Lipinski definition) is 2. The van der Waals surface area contributed by atoms with Gasteiger partial charge in [0.25, 0.3) is 0 Å². The first-order valence-corrected chi connectivity index (χ1v) is 6.95. The average molecular weight is 224 g/mol. The summed E-state index contributed by atoms with van der Waals surface area (Å²) < 4.78 is 0. The van der Waals surface area contributed by atoms with Crippen LogP contribution >= 0.6 is 0 Å². The van der Waals surface area contributed by atoms with Crippen LogP contribution in [0.5, 0.6) is 0 Å². The van der Waals surface area contributed by atoms with E-state index in [1.165, 1.54) is 44.9 Å². The molecule has 1 heterocycles. The van der Waals surface area contributed by atoms with Crippen molar-refractivity contribution in [3.63, 3.8) is 0 Å². The van der Waals surface area contributed by atoms with Crippen molar-refractivity contribution in [2.24, 2.45) is 0 Å². The lowest BCUT2D eigenvalue weighted by molar-refractivity contribution is 0.167. The Kier molecular flexibility index (Phi) is 6.36. The summed E-state index contributed by atoms with van der Waals surface area (Å²) in [7, 11) is 2.19. The van der Waals surface area contributed by atoms with E-state index >= 15 is 0 Å². The van der Waals surface area contributed by atoms with E-state index in [1.54, 1.807) is 0 Å². The smallest absolute Gasteiger partial charge is 0.100 e. The fourth-order valence-corrected chi connectivity index (χ4v) is 2.42. The molecule has 1 atom stereocenters. The van der Waals surface area contributed by atoms with Crippen LogP contribution in [0.4, 0.5) is 0 Å². The molecule has 94 valence electrons. The van der Waals surface area contributed by atoms with E-state index in [9.17, 15) is 0 Å². The second-order valence-corrected chi connectivity index (χ2v) is 4.83. The zero-order valence-electron chi connectivity index (χ0n) is 11.3. The van der Waals surface area contributed by atoms with E-state index < -0.39 is 0 Å². The van der Waals surface area contributed by atoms with Crippen molar-refractivity contribution >= 4 is 0 Å². The highest BCUT2D eigenvalue weighted by Crippen LogP contribution is 2.19. The summed E-state index contributed by atoms with van der Waals surface area (Å²) in [4.78, 5) is 4.78. The predicted octanol–water partition coefficient (Wildman–Crippen LogP) is 3.80. The van der Waals surface area contributed by atoms with Crippen molar-refractivity contribution in [2.45, 2.75) is 65.0 Å². The number of rotatable bonds is 8. The van der Waals surface area contributed by atoms with Gasteiger partial charge in [-0.25, -0.2) is 0 Å². The van der Waals surface area contributed by atoms with Crippen molar-refractivity contribution in [2.75, 3.05) is 13.6 Å². The van der Waals surface area contributed by atoms with Crippen LogP contribution in [0.1, 0.15) is 58.8 Å². The van der Waals surface area contributed by atoms with Crippen molar-refractivity contribution in [1.29, 1.82) is 0 Å².